The highest BCUT2D eigenvalue weighted by Crippen LogP contribution is 2.42. The van der Waals surface area contributed by atoms with Crippen LogP contribution < -0.4 is 5.32 Å². The first-order valence-corrected chi connectivity index (χ1v) is 8.76. The van der Waals surface area contributed by atoms with Crippen LogP contribution in [0, 0.1) is 25.7 Å². The summed E-state index contributed by atoms with van der Waals surface area (Å²) in [6, 6.07) is 4.63. The summed E-state index contributed by atoms with van der Waals surface area (Å²) in [7, 11) is 0. The second-order valence-corrected chi connectivity index (χ2v) is 7.17. The van der Waals surface area contributed by atoms with Gasteiger partial charge in [-0.15, -0.1) is 0 Å². The van der Waals surface area contributed by atoms with Crippen LogP contribution in [0.25, 0.3) is 0 Å². The van der Waals surface area contributed by atoms with E-state index in [9.17, 15) is 19.5 Å². The number of carbonyl (C=O) groups is 3. The van der Waals surface area contributed by atoms with Crippen molar-refractivity contribution in [2.75, 3.05) is 13.1 Å². The zero-order valence-corrected chi connectivity index (χ0v) is 14.6. The van der Waals surface area contributed by atoms with Crippen LogP contribution in [-0.2, 0) is 9.59 Å². The van der Waals surface area contributed by atoms with Gasteiger partial charge in [-0.05, 0) is 61.8 Å². The van der Waals surface area contributed by atoms with Crippen LogP contribution in [0.5, 0.6) is 0 Å². The van der Waals surface area contributed by atoms with Crippen molar-refractivity contribution in [3.63, 3.8) is 0 Å². The van der Waals surface area contributed by atoms with E-state index in [1.165, 1.54) is 4.90 Å². The summed E-state index contributed by atoms with van der Waals surface area (Å²) in [5, 5.41) is 12.1. The molecular formula is C19H24N2O4. The number of nitrogens with one attached hydrogen (secondary N) is 1. The van der Waals surface area contributed by atoms with Crippen LogP contribution in [0.3, 0.4) is 0 Å². The lowest BCUT2D eigenvalue weighted by molar-refractivity contribution is -0.149. The number of aliphatic carboxylic acids is 1. The van der Waals surface area contributed by atoms with Gasteiger partial charge in [0.25, 0.3) is 5.91 Å². The van der Waals surface area contributed by atoms with Gasteiger partial charge in [0.15, 0.2) is 0 Å². The lowest BCUT2D eigenvalue weighted by Crippen LogP contribution is -2.47. The molecule has 1 aromatic rings. The molecule has 2 N–H and O–H groups in total. The molecule has 6 nitrogen and oxygen atoms in total. The van der Waals surface area contributed by atoms with E-state index in [1.807, 2.05) is 19.9 Å². The summed E-state index contributed by atoms with van der Waals surface area (Å²) >= 11 is 0. The molecule has 1 aliphatic heterocycles. The summed E-state index contributed by atoms with van der Waals surface area (Å²) in [6.07, 6.45) is 2.87. The van der Waals surface area contributed by atoms with E-state index >= 15 is 0 Å². The lowest BCUT2D eigenvalue weighted by atomic mass is 9.94. The van der Waals surface area contributed by atoms with Crippen LogP contribution in [-0.4, -0.2) is 46.9 Å². The van der Waals surface area contributed by atoms with E-state index in [1.54, 1.807) is 12.1 Å². The second-order valence-electron chi connectivity index (χ2n) is 7.17. The predicted octanol–water partition coefficient (Wildman–Crippen LogP) is 1.74. The number of benzene rings is 1. The average molecular weight is 344 g/mol. The van der Waals surface area contributed by atoms with Crippen molar-refractivity contribution < 1.29 is 19.5 Å². The highest BCUT2D eigenvalue weighted by molar-refractivity contribution is 5.97. The molecule has 3 rings (SSSR count). The molecule has 1 aliphatic carbocycles. The van der Waals surface area contributed by atoms with Crippen molar-refractivity contribution >= 4 is 17.8 Å². The Labute approximate surface area is 147 Å². The highest BCUT2D eigenvalue weighted by atomic mass is 16.4. The van der Waals surface area contributed by atoms with Crippen molar-refractivity contribution in [1.29, 1.82) is 0 Å². The normalized spacial score (nSPS) is 24.9. The van der Waals surface area contributed by atoms with E-state index in [2.05, 4.69) is 5.32 Å². The fraction of sp³-hybridized carbons (Fsp3) is 0.526. The quantitative estimate of drug-likeness (QED) is 0.871. The maximum Gasteiger partial charge on any atom is 0.326 e. The van der Waals surface area contributed by atoms with Gasteiger partial charge in [0, 0.05) is 12.1 Å². The molecule has 2 fully saturated rings. The zero-order chi connectivity index (χ0) is 18.1. The number of aryl methyl sites for hydroxylation is 2. The number of amides is 2. The van der Waals surface area contributed by atoms with Gasteiger partial charge in [-0.2, -0.15) is 0 Å². The Morgan fingerprint density at radius 1 is 1.20 bits per heavy atom. The van der Waals surface area contributed by atoms with Gasteiger partial charge in [-0.25, -0.2) is 4.79 Å². The first-order chi connectivity index (χ1) is 11.9. The van der Waals surface area contributed by atoms with Crippen LogP contribution in [0.15, 0.2) is 18.2 Å². The Bertz CT molecular complexity index is 715. The molecule has 3 unspecified atom stereocenters. The minimum absolute atomic E-state index is 0.0527. The van der Waals surface area contributed by atoms with Crippen molar-refractivity contribution in [3.05, 3.63) is 34.9 Å². The average Bonchev–Trinajstić information content (AvgIpc) is 3.15. The second kappa shape index (κ2) is 6.86. The molecule has 2 aliphatic rings. The Morgan fingerprint density at radius 3 is 2.64 bits per heavy atom. The van der Waals surface area contributed by atoms with Crippen LogP contribution in [0.1, 0.15) is 40.7 Å². The molecule has 0 aromatic heterocycles. The molecule has 1 heterocycles. The topological polar surface area (TPSA) is 86.7 Å². The smallest absolute Gasteiger partial charge is 0.326 e. The van der Waals surface area contributed by atoms with E-state index in [0.717, 1.165) is 30.4 Å². The number of fused-ring (bicyclic) bond motifs is 1. The zero-order valence-electron chi connectivity index (χ0n) is 14.6. The molecule has 0 radical (unpaired) electrons. The monoisotopic (exact) mass is 344 g/mol. The number of hydrogen-bond donors (Lipinski definition) is 2. The van der Waals surface area contributed by atoms with Crippen LogP contribution in [0.4, 0.5) is 0 Å². The van der Waals surface area contributed by atoms with Gasteiger partial charge in [0.2, 0.25) is 5.91 Å². The van der Waals surface area contributed by atoms with Crippen molar-refractivity contribution in [1.82, 2.24) is 10.2 Å². The largest absolute Gasteiger partial charge is 0.480 e. The Balaban J connectivity index is 1.63. The number of likely N-dealkylation sites (tertiary alicyclic amines) is 1. The first kappa shape index (κ1) is 17.5. The molecule has 3 atom stereocenters. The van der Waals surface area contributed by atoms with Gasteiger partial charge >= 0.3 is 5.97 Å². The fourth-order valence-corrected chi connectivity index (χ4v) is 4.12. The minimum atomic E-state index is -0.941. The predicted molar refractivity (Wildman–Crippen MR) is 92.2 cm³/mol. The maximum absolute atomic E-state index is 12.5. The molecule has 6 heteroatoms. The maximum atomic E-state index is 12.5. The molecule has 1 saturated heterocycles. The third-order valence-electron chi connectivity index (χ3n) is 5.63. The van der Waals surface area contributed by atoms with E-state index < -0.39 is 12.0 Å². The van der Waals surface area contributed by atoms with E-state index in [4.69, 9.17) is 0 Å². The van der Waals surface area contributed by atoms with Gasteiger partial charge in [0.1, 0.15) is 6.04 Å². The summed E-state index contributed by atoms with van der Waals surface area (Å²) in [6.45, 7) is 4.21. The van der Waals surface area contributed by atoms with Crippen molar-refractivity contribution in [3.8, 4) is 0 Å². The molecular weight excluding hydrogens is 320 g/mol. The molecule has 0 bridgehead atoms. The van der Waals surface area contributed by atoms with Gasteiger partial charge in [-0.1, -0.05) is 12.5 Å². The third kappa shape index (κ3) is 3.38. The summed E-state index contributed by atoms with van der Waals surface area (Å²) in [5.41, 5.74) is 2.61. The van der Waals surface area contributed by atoms with E-state index in [0.29, 0.717) is 12.1 Å². The number of rotatable bonds is 4. The standard InChI is InChI=1S/C19H24N2O4/c1-11-6-7-13(8-12(11)2)18(23)20-9-16(22)21-10-14-4-3-5-15(14)17(21)19(24)25/h6-8,14-15,17H,3-5,9-10H2,1-2H3,(H,20,23)(H,24,25). The first-order valence-electron chi connectivity index (χ1n) is 8.76. The number of carboxylic acid groups (broad SMARTS) is 1. The third-order valence-corrected chi connectivity index (χ3v) is 5.63. The number of nitrogens with zero attached hydrogens (tertiary/aromatic N) is 1. The minimum Gasteiger partial charge on any atom is -0.480 e. The summed E-state index contributed by atoms with van der Waals surface area (Å²) in [5.74, 6) is -1.25. The van der Waals surface area contributed by atoms with Gasteiger partial charge in [0.05, 0.1) is 6.54 Å². The summed E-state index contributed by atoms with van der Waals surface area (Å²) < 4.78 is 0. The molecule has 0 spiro atoms. The lowest BCUT2D eigenvalue weighted by Gasteiger charge is -2.24. The molecule has 1 saturated carbocycles. The van der Waals surface area contributed by atoms with Gasteiger partial charge in [-0.3, -0.25) is 9.59 Å². The van der Waals surface area contributed by atoms with E-state index in [-0.39, 0.29) is 30.2 Å². The Morgan fingerprint density at radius 2 is 1.96 bits per heavy atom. The fourth-order valence-electron chi connectivity index (χ4n) is 4.12. The Kier molecular flexibility index (Phi) is 4.79. The highest BCUT2D eigenvalue weighted by Gasteiger charge is 2.49. The molecule has 25 heavy (non-hydrogen) atoms. The Hall–Kier alpha value is -2.37. The number of hydrogen-bond acceptors (Lipinski definition) is 3. The van der Waals surface area contributed by atoms with Crippen LogP contribution >= 0.6 is 0 Å². The molecule has 134 valence electrons. The van der Waals surface area contributed by atoms with Crippen molar-refractivity contribution in [2.24, 2.45) is 11.8 Å². The van der Waals surface area contributed by atoms with Gasteiger partial charge < -0.3 is 15.3 Å². The molecule has 1 aromatic carbocycles. The number of carbonyl (C=O) groups excluding carboxylic acids is 2. The SMILES string of the molecule is Cc1ccc(C(=O)NCC(=O)N2CC3CCCC3C2C(=O)O)cc1C. The molecule has 2 amide bonds. The summed E-state index contributed by atoms with van der Waals surface area (Å²) in [4.78, 5) is 37.8. The van der Waals surface area contributed by atoms with Crippen LogP contribution in [0.2, 0.25) is 0 Å². The van der Waals surface area contributed by atoms with Crippen molar-refractivity contribution in [2.45, 2.75) is 39.2 Å². The number of carboxylic acids is 1.